The van der Waals surface area contributed by atoms with Crippen LogP contribution in [0.3, 0.4) is 0 Å². The molecule has 0 radical (unpaired) electrons. The number of hydrogen-bond donors (Lipinski definition) is 1. The van der Waals surface area contributed by atoms with Crippen molar-refractivity contribution in [2.45, 2.75) is 32.3 Å². The van der Waals surface area contributed by atoms with Gasteiger partial charge in [-0.2, -0.15) is 0 Å². The van der Waals surface area contributed by atoms with E-state index in [0.717, 1.165) is 16.7 Å². The van der Waals surface area contributed by atoms with Crippen molar-refractivity contribution in [3.63, 3.8) is 0 Å². The minimum atomic E-state index is -1.21. The van der Waals surface area contributed by atoms with Crippen LogP contribution in [0.4, 0.5) is 0 Å². The van der Waals surface area contributed by atoms with Crippen LogP contribution in [0.25, 0.3) is 11.1 Å². The summed E-state index contributed by atoms with van der Waals surface area (Å²) in [6, 6.07) is 11.8. The van der Waals surface area contributed by atoms with Crippen LogP contribution in [0.5, 0.6) is 0 Å². The molecule has 1 aromatic heterocycles. The van der Waals surface area contributed by atoms with E-state index in [-0.39, 0.29) is 18.4 Å². The van der Waals surface area contributed by atoms with Crippen molar-refractivity contribution >= 4 is 11.8 Å². The fourth-order valence-electron chi connectivity index (χ4n) is 3.55. The molecule has 6 nitrogen and oxygen atoms in total. The number of ether oxygens (including phenoxy) is 1. The lowest BCUT2D eigenvalue weighted by molar-refractivity contribution is -0.163. The maximum Gasteiger partial charge on any atom is 0.251 e. The zero-order valence-corrected chi connectivity index (χ0v) is 16.4. The molecule has 1 fully saturated rings. The number of nitrogens with two attached hydrogens (primary N) is 1. The van der Waals surface area contributed by atoms with Crippen molar-refractivity contribution in [1.29, 1.82) is 0 Å². The summed E-state index contributed by atoms with van der Waals surface area (Å²) >= 11 is 0. The zero-order chi connectivity index (χ0) is 20.1. The highest BCUT2D eigenvalue weighted by atomic mass is 16.5. The number of benzene rings is 1. The molecule has 1 aliphatic rings. The Morgan fingerprint density at radius 1 is 1.21 bits per heavy atom. The lowest BCUT2D eigenvalue weighted by Crippen LogP contribution is -2.61. The number of carbonyl (C=O) groups excluding carboxylic acids is 2. The average molecular weight is 381 g/mol. The molecule has 0 unspecified atom stereocenters. The first-order chi connectivity index (χ1) is 13.4. The van der Waals surface area contributed by atoms with Crippen LogP contribution in [0.2, 0.25) is 0 Å². The first-order valence-corrected chi connectivity index (χ1v) is 9.60. The van der Waals surface area contributed by atoms with Gasteiger partial charge in [0, 0.05) is 31.8 Å². The third-order valence-corrected chi connectivity index (χ3v) is 5.00. The van der Waals surface area contributed by atoms with Gasteiger partial charge in [0.15, 0.2) is 5.60 Å². The molecule has 0 bridgehead atoms. The largest absolute Gasteiger partial charge is 0.367 e. The zero-order valence-electron chi connectivity index (χ0n) is 16.4. The number of pyridine rings is 1. The Kier molecular flexibility index (Phi) is 6.09. The van der Waals surface area contributed by atoms with Gasteiger partial charge in [0.25, 0.3) is 5.91 Å². The van der Waals surface area contributed by atoms with E-state index in [2.05, 4.69) is 4.98 Å². The molecule has 1 aromatic carbocycles. The molecule has 0 spiro atoms. The predicted molar refractivity (Wildman–Crippen MR) is 107 cm³/mol. The summed E-state index contributed by atoms with van der Waals surface area (Å²) in [5, 5.41) is 0. The van der Waals surface area contributed by atoms with Crippen molar-refractivity contribution in [2.24, 2.45) is 11.7 Å². The minimum Gasteiger partial charge on any atom is -0.367 e. The quantitative estimate of drug-likeness (QED) is 0.833. The molecule has 2 aromatic rings. The number of rotatable bonds is 6. The molecule has 0 saturated carbocycles. The molecule has 2 N–H and O–H groups in total. The first-order valence-electron chi connectivity index (χ1n) is 9.60. The van der Waals surface area contributed by atoms with E-state index < -0.39 is 11.5 Å². The second-order valence-electron chi connectivity index (χ2n) is 7.73. The molecule has 1 saturated heterocycles. The van der Waals surface area contributed by atoms with E-state index in [4.69, 9.17) is 10.5 Å². The van der Waals surface area contributed by atoms with Crippen LogP contribution in [-0.2, 0) is 20.7 Å². The lowest BCUT2D eigenvalue weighted by atomic mass is 9.90. The van der Waals surface area contributed by atoms with E-state index in [1.807, 2.05) is 50.2 Å². The third-order valence-electron chi connectivity index (χ3n) is 5.00. The van der Waals surface area contributed by atoms with E-state index in [1.54, 1.807) is 17.3 Å². The van der Waals surface area contributed by atoms with Gasteiger partial charge in [0.1, 0.15) is 0 Å². The maximum absolute atomic E-state index is 12.5. The molecule has 6 heteroatoms. The number of carbonyl (C=O) groups is 2. The Labute approximate surface area is 165 Å². The van der Waals surface area contributed by atoms with Gasteiger partial charge >= 0.3 is 0 Å². The van der Waals surface area contributed by atoms with Crippen molar-refractivity contribution in [2.75, 3.05) is 19.7 Å². The molecular weight excluding hydrogens is 354 g/mol. The van der Waals surface area contributed by atoms with E-state index in [1.165, 1.54) is 0 Å². The van der Waals surface area contributed by atoms with Crippen LogP contribution in [0.15, 0.2) is 48.8 Å². The van der Waals surface area contributed by atoms with E-state index >= 15 is 0 Å². The second-order valence-corrected chi connectivity index (χ2v) is 7.73. The van der Waals surface area contributed by atoms with Gasteiger partial charge in [0.05, 0.1) is 13.2 Å². The number of nitrogens with zero attached hydrogens (tertiary/aromatic N) is 2. The number of amides is 2. The van der Waals surface area contributed by atoms with Gasteiger partial charge in [-0.05, 0) is 34.7 Å². The van der Waals surface area contributed by atoms with Gasteiger partial charge in [-0.3, -0.25) is 14.6 Å². The Hall–Kier alpha value is -2.73. The van der Waals surface area contributed by atoms with Gasteiger partial charge in [0.2, 0.25) is 5.91 Å². The van der Waals surface area contributed by atoms with Crippen LogP contribution >= 0.6 is 0 Å². The fraction of sp³-hybridized carbons (Fsp3) is 0.409. The molecule has 2 heterocycles. The number of aromatic nitrogens is 1. The van der Waals surface area contributed by atoms with Crippen molar-refractivity contribution < 1.29 is 14.3 Å². The van der Waals surface area contributed by atoms with Crippen LogP contribution < -0.4 is 5.73 Å². The van der Waals surface area contributed by atoms with Gasteiger partial charge in [-0.1, -0.05) is 38.1 Å². The summed E-state index contributed by atoms with van der Waals surface area (Å²) in [5.74, 6) is -0.242. The molecule has 0 aliphatic carbocycles. The summed E-state index contributed by atoms with van der Waals surface area (Å²) in [5.41, 5.74) is 7.56. The van der Waals surface area contributed by atoms with Crippen LogP contribution in [0.1, 0.15) is 25.8 Å². The predicted octanol–water partition coefficient (Wildman–Crippen LogP) is 2.42. The maximum atomic E-state index is 12.5. The van der Waals surface area contributed by atoms with E-state index in [0.29, 0.717) is 26.0 Å². The number of morpholine rings is 1. The van der Waals surface area contributed by atoms with Crippen LogP contribution in [-0.4, -0.2) is 47.0 Å². The Morgan fingerprint density at radius 3 is 2.64 bits per heavy atom. The molecule has 148 valence electrons. The summed E-state index contributed by atoms with van der Waals surface area (Å²) in [7, 11) is 0. The average Bonchev–Trinajstić information content (AvgIpc) is 2.68. The molecule has 1 atom stereocenters. The van der Waals surface area contributed by atoms with Gasteiger partial charge in [-0.15, -0.1) is 0 Å². The Morgan fingerprint density at radius 2 is 1.96 bits per heavy atom. The van der Waals surface area contributed by atoms with Crippen molar-refractivity contribution in [1.82, 2.24) is 9.88 Å². The molecule has 2 amide bonds. The highest BCUT2D eigenvalue weighted by molar-refractivity contribution is 5.86. The standard InChI is InChI=1S/C22H27N3O3/c1-16(2)12-20(26)25-10-11-28-22(15-25,21(23)27)14-17-4-3-5-19(13-17)18-6-8-24-9-7-18/h3-9,13,16H,10-12,14-15H2,1-2H3,(H2,23,27)/t22-/m1/s1. The highest BCUT2D eigenvalue weighted by Gasteiger charge is 2.43. The second kappa shape index (κ2) is 8.52. The number of primary amides is 1. The fourth-order valence-corrected chi connectivity index (χ4v) is 3.55. The molecule has 3 rings (SSSR count). The molecule has 1 aliphatic heterocycles. The topological polar surface area (TPSA) is 85.5 Å². The Bertz CT molecular complexity index is 838. The third kappa shape index (κ3) is 4.57. The first kappa shape index (κ1) is 20.0. The SMILES string of the molecule is CC(C)CC(=O)N1CCO[C@@](Cc2cccc(-c3ccncc3)c2)(C(N)=O)C1. The number of hydrogen-bond acceptors (Lipinski definition) is 4. The monoisotopic (exact) mass is 381 g/mol. The normalized spacial score (nSPS) is 19.6. The van der Waals surface area contributed by atoms with Gasteiger partial charge < -0.3 is 15.4 Å². The van der Waals surface area contributed by atoms with Gasteiger partial charge in [-0.25, -0.2) is 0 Å². The highest BCUT2D eigenvalue weighted by Crippen LogP contribution is 2.27. The molecular formula is C22H27N3O3. The minimum absolute atomic E-state index is 0.0365. The summed E-state index contributed by atoms with van der Waals surface area (Å²) in [4.78, 5) is 30.7. The van der Waals surface area contributed by atoms with Crippen molar-refractivity contribution in [3.8, 4) is 11.1 Å². The van der Waals surface area contributed by atoms with E-state index in [9.17, 15) is 9.59 Å². The molecule has 28 heavy (non-hydrogen) atoms. The lowest BCUT2D eigenvalue weighted by Gasteiger charge is -2.41. The van der Waals surface area contributed by atoms with Crippen molar-refractivity contribution in [3.05, 3.63) is 54.4 Å². The smallest absolute Gasteiger partial charge is 0.251 e. The van der Waals surface area contributed by atoms with Crippen LogP contribution in [0, 0.1) is 5.92 Å². The Balaban J connectivity index is 1.83. The summed E-state index contributed by atoms with van der Waals surface area (Å²) in [6.45, 7) is 4.98. The summed E-state index contributed by atoms with van der Waals surface area (Å²) < 4.78 is 5.88. The summed E-state index contributed by atoms with van der Waals surface area (Å²) in [6.07, 6.45) is 4.27.